The van der Waals surface area contributed by atoms with E-state index in [9.17, 15) is 19.7 Å². The summed E-state index contributed by atoms with van der Waals surface area (Å²) < 4.78 is 5.61. The summed E-state index contributed by atoms with van der Waals surface area (Å²) in [5, 5.41) is 10.7. The van der Waals surface area contributed by atoms with Gasteiger partial charge in [-0.3, -0.25) is 14.9 Å². The first-order chi connectivity index (χ1) is 10.9. The first-order valence-corrected chi connectivity index (χ1v) is 7.45. The molecule has 0 atom stereocenters. The van der Waals surface area contributed by atoms with Crippen LogP contribution in [0.2, 0.25) is 5.02 Å². The van der Waals surface area contributed by atoms with E-state index >= 15 is 0 Å². The van der Waals surface area contributed by atoms with E-state index in [1.54, 1.807) is 24.3 Å². The van der Waals surface area contributed by atoms with Crippen molar-refractivity contribution in [3.8, 4) is 0 Å². The van der Waals surface area contributed by atoms with Gasteiger partial charge in [0.1, 0.15) is 5.02 Å². The van der Waals surface area contributed by atoms with E-state index in [2.05, 4.69) is 15.9 Å². The monoisotopic (exact) mass is 397 g/mol. The van der Waals surface area contributed by atoms with Crippen LogP contribution in [-0.4, -0.2) is 23.3 Å². The molecule has 0 bridgehead atoms. The minimum atomic E-state index is -0.840. The zero-order valence-electron chi connectivity index (χ0n) is 11.5. The fraction of sp³-hybridized carbons (Fsp3) is 0.0667. The van der Waals surface area contributed by atoms with Crippen molar-refractivity contribution in [2.45, 2.75) is 0 Å². The Balaban J connectivity index is 2.06. The number of esters is 1. The molecule has 0 radical (unpaired) electrons. The molecule has 2 rings (SSSR count). The normalized spacial score (nSPS) is 10.2. The molecule has 0 aliphatic rings. The number of nitro groups is 1. The van der Waals surface area contributed by atoms with Crippen LogP contribution in [-0.2, 0) is 4.74 Å². The summed E-state index contributed by atoms with van der Waals surface area (Å²) in [4.78, 5) is 33.9. The molecule has 0 amide bonds. The molecule has 6 nitrogen and oxygen atoms in total. The number of ether oxygens (including phenoxy) is 1. The minimum Gasteiger partial charge on any atom is -0.454 e. The highest BCUT2D eigenvalue weighted by Gasteiger charge is 2.18. The summed E-state index contributed by atoms with van der Waals surface area (Å²) in [6, 6.07) is 10.2. The third-order valence-electron chi connectivity index (χ3n) is 2.86. The summed E-state index contributed by atoms with van der Waals surface area (Å²) in [5.41, 5.74) is -0.0724. The Morgan fingerprint density at radius 2 is 1.91 bits per heavy atom. The third kappa shape index (κ3) is 4.37. The Hall–Kier alpha value is -2.25. The second kappa shape index (κ2) is 7.34. The Bertz CT molecular complexity index is 793. The molecule has 0 heterocycles. The van der Waals surface area contributed by atoms with E-state index in [4.69, 9.17) is 16.3 Å². The van der Waals surface area contributed by atoms with Gasteiger partial charge in [0.25, 0.3) is 5.69 Å². The lowest BCUT2D eigenvalue weighted by Gasteiger charge is -2.05. The van der Waals surface area contributed by atoms with Crippen LogP contribution in [0.4, 0.5) is 5.69 Å². The van der Waals surface area contributed by atoms with E-state index in [1.807, 2.05) is 0 Å². The molecule has 0 unspecified atom stereocenters. The van der Waals surface area contributed by atoms with Gasteiger partial charge in [-0.15, -0.1) is 0 Å². The zero-order valence-corrected chi connectivity index (χ0v) is 13.8. The van der Waals surface area contributed by atoms with Crippen molar-refractivity contribution in [3.05, 3.63) is 73.2 Å². The molecule has 0 fully saturated rings. The van der Waals surface area contributed by atoms with E-state index < -0.39 is 23.2 Å². The van der Waals surface area contributed by atoms with E-state index in [1.165, 1.54) is 12.1 Å². The molecule has 118 valence electrons. The highest BCUT2D eigenvalue weighted by molar-refractivity contribution is 9.10. The predicted molar refractivity (Wildman–Crippen MR) is 86.9 cm³/mol. The molecular formula is C15H9BrClNO5. The molecule has 0 saturated heterocycles. The van der Waals surface area contributed by atoms with Crippen LogP contribution < -0.4 is 0 Å². The first-order valence-electron chi connectivity index (χ1n) is 6.28. The van der Waals surface area contributed by atoms with Crippen molar-refractivity contribution in [1.82, 2.24) is 0 Å². The second-order valence-corrected chi connectivity index (χ2v) is 5.76. The molecule has 2 aromatic rings. The molecule has 0 spiro atoms. The van der Waals surface area contributed by atoms with Gasteiger partial charge in [0.15, 0.2) is 12.4 Å². The predicted octanol–water partition coefficient (Wildman–Crippen LogP) is 4.05. The average molecular weight is 399 g/mol. The maximum Gasteiger partial charge on any atom is 0.338 e. The van der Waals surface area contributed by atoms with Crippen LogP contribution in [0.3, 0.4) is 0 Å². The topological polar surface area (TPSA) is 86.5 Å². The Morgan fingerprint density at radius 3 is 2.57 bits per heavy atom. The molecular weight excluding hydrogens is 390 g/mol. The summed E-state index contributed by atoms with van der Waals surface area (Å²) in [6.45, 7) is -0.467. The van der Waals surface area contributed by atoms with Crippen LogP contribution in [0.25, 0.3) is 0 Å². The average Bonchev–Trinajstić information content (AvgIpc) is 2.52. The lowest BCUT2D eigenvalue weighted by atomic mass is 10.1. The molecule has 0 N–H and O–H groups in total. The SMILES string of the molecule is O=C(COC(=O)c1ccc(Cl)c([N+](=O)[O-])c1)c1cccc(Br)c1. The highest BCUT2D eigenvalue weighted by Crippen LogP contribution is 2.25. The number of nitrogens with zero attached hydrogens (tertiary/aromatic N) is 1. The van der Waals surface area contributed by atoms with Crippen LogP contribution in [0.1, 0.15) is 20.7 Å². The maximum atomic E-state index is 11.9. The van der Waals surface area contributed by atoms with Gasteiger partial charge in [0.2, 0.25) is 0 Å². The van der Waals surface area contributed by atoms with Gasteiger partial charge in [-0.2, -0.15) is 0 Å². The number of ketones is 1. The second-order valence-electron chi connectivity index (χ2n) is 4.43. The van der Waals surface area contributed by atoms with Crippen molar-refractivity contribution in [1.29, 1.82) is 0 Å². The summed E-state index contributed by atoms with van der Waals surface area (Å²) in [7, 11) is 0. The van der Waals surface area contributed by atoms with Crippen molar-refractivity contribution < 1.29 is 19.2 Å². The van der Waals surface area contributed by atoms with Crippen LogP contribution in [0.5, 0.6) is 0 Å². The molecule has 8 heteroatoms. The van der Waals surface area contributed by atoms with Crippen molar-refractivity contribution in [2.75, 3.05) is 6.61 Å². The lowest BCUT2D eigenvalue weighted by molar-refractivity contribution is -0.384. The number of hydrogen-bond donors (Lipinski definition) is 0. The summed E-state index contributed by atoms with van der Waals surface area (Å²) >= 11 is 8.91. The molecule has 0 aromatic heterocycles. The van der Waals surface area contributed by atoms with Gasteiger partial charge < -0.3 is 4.74 Å². The summed E-state index contributed by atoms with van der Waals surface area (Å²) in [5.74, 6) is -1.23. The largest absolute Gasteiger partial charge is 0.454 e. The smallest absolute Gasteiger partial charge is 0.338 e. The van der Waals surface area contributed by atoms with Gasteiger partial charge >= 0.3 is 5.97 Å². The standard InChI is InChI=1S/C15H9BrClNO5/c16-11-3-1-2-9(6-11)14(19)8-23-15(20)10-4-5-12(17)13(7-10)18(21)22/h1-7H,8H2. The highest BCUT2D eigenvalue weighted by atomic mass is 79.9. The summed E-state index contributed by atoms with van der Waals surface area (Å²) in [6.07, 6.45) is 0. The Kier molecular flexibility index (Phi) is 5.46. The first kappa shape index (κ1) is 17.1. The number of benzene rings is 2. The number of carbonyl (C=O) groups is 2. The van der Waals surface area contributed by atoms with Gasteiger partial charge in [-0.1, -0.05) is 39.7 Å². The van der Waals surface area contributed by atoms with Crippen LogP contribution in [0, 0.1) is 10.1 Å². The quantitative estimate of drug-likeness (QED) is 0.328. The zero-order chi connectivity index (χ0) is 17.0. The number of nitro benzene ring substituents is 1. The molecule has 2 aromatic carbocycles. The van der Waals surface area contributed by atoms with E-state index in [-0.39, 0.29) is 16.4 Å². The minimum absolute atomic E-state index is 0.0526. The lowest BCUT2D eigenvalue weighted by Crippen LogP contribution is -2.14. The van der Waals surface area contributed by atoms with Crippen LogP contribution >= 0.6 is 27.5 Å². The number of halogens is 2. The van der Waals surface area contributed by atoms with Crippen LogP contribution in [0.15, 0.2) is 46.9 Å². The molecule has 0 aliphatic carbocycles. The number of rotatable bonds is 5. The van der Waals surface area contributed by atoms with Crippen molar-refractivity contribution in [3.63, 3.8) is 0 Å². The van der Waals surface area contributed by atoms with Crippen molar-refractivity contribution >= 4 is 45.0 Å². The Labute approximate surface area is 144 Å². The van der Waals surface area contributed by atoms with Gasteiger partial charge in [-0.25, -0.2) is 4.79 Å². The van der Waals surface area contributed by atoms with Gasteiger partial charge in [0.05, 0.1) is 10.5 Å². The molecule has 23 heavy (non-hydrogen) atoms. The molecule has 0 saturated carbocycles. The van der Waals surface area contributed by atoms with E-state index in [0.717, 1.165) is 10.5 Å². The number of carbonyl (C=O) groups excluding carboxylic acids is 2. The molecule has 0 aliphatic heterocycles. The van der Waals surface area contributed by atoms with E-state index in [0.29, 0.717) is 5.56 Å². The number of Topliss-reactive ketones (excluding diaryl/α,β-unsaturated/α-hetero) is 1. The number of hydrogen-bond acceptors (Lipinski definition) is 5. The Morgan fingerprint density at radius 1 is 1.17 bits per heavy atom. The third-order valence-corrected chi connectivity index (χ3v) is 3.67. The van der Waals surface area contributed by atoms with Gasteiger partial charge in [-0.05, 0) is 24.3 Å². The maximum absolute atomic E-state index is 11.9. The fourth-order valence-corrected chi connectivity index (χ4v) is 2.33. The van der Waals surface area contributed by atoms with Gasteiger partial charge in [0, 0.05) is 16.1 Å². The van der Waals surface area contributed by atoms with Crippen molar-refractivity contribution in [2.24, 2.45) is 0 Å². The fourth-order valence-electron chi connectivity index (χ4n) is 1.74.